The monoisotopic (exact) mass is 936 g/mol. The van der Waals surface area contributed by atoms with Crippen molar-refractivity contribution in [3.05, 3.63) is 48.1 Å². The number of aldehydes is 1. The summed E-state index contributed by atoms with van der Waals surface area (Å²) in [6.07, 6.45) is 52.7. The Morgan fingerprint density at radius 2 is 1.37 bits per heavy atom. The second-order valence-electron chi connectivity index (χ2n) is 22.2. The number of carbonyl (C=O) groups excluding carboxylic acids is 2. The molecule has 0 aliphatic heterocycles. The van der Waals surface area contributed by atoms with E-state index >= 15 is 0 Å². The fourth-order valence-corrected chi connectivity index (χ4v) is 12.8. The smallest absolute Gasteiger partial charge is 0.293 e. The van der Waals surface area contributed by atoms with Gasteiger partial charge in [-0.25, -0.2) is 0 Å². The molecule has 8 unspecified atom stereocenters. The highest BCUT2D eigenvalue weighted by atomic mass is 16.5. The lowest BCUT2D eigenvalue weighted by molar-refractivity contribution is -0.136. The number of hydrogen-bond donors (Lipinski definition) is 1. The van der Waals surface area contributed by atoms with Crippen molar-refractivity contribution >= 4 is 12.8 Å². The molecule has 0 radical (unpaired) electrons. The zero-order chi connectivity index (χ0) is 49.0. The summed E-state index contributed by atoms with van der Waals surface area (Å²) >= 11 is 0. The molecular weight excluding hydrogens is 827 g/mol. The lowest BCUT2D eigenvalue weighted by Crippen LogP contribution is -2.51. The van der Waals surface area contributed by atoms with E-state index in [0.29, 0.717) is 23.9 Å². The molecule has 0 aromatic carbocycles. The van der Waals surface area contributed by atoms with Crippen molar-refractivity contribution in [1.29, 1.82) is 0 Å². The molecule has 388 valence electrons. The van der Waals surface area contributed by atoms with Gasteiger partial charge >= 0.3 is 0 Å². The first-order chi connectivity index (χ1) is 32.6. The molecule has 0 aromatic rings. The summed E-state index contributed by atoms with van der Waals surface area (Å²) in [5.74, 6) is 5.32. The molecule has 4 aliphatic carbocycles. The SMILES string of the molecule is CC(C)CCCC(C)C1CCC2C3CC=C4CC(OC=O)CCC4(C)C3CCC12C.CC/C=C\C/C=C\C/C=C\CCCCCCCC=O.CCCCCCN(CCCCO)CCCCOC. The maximum Gasteiger partial charge on any atom is 0.293 e. The van der Waals surface area contributed by atoms with Gasteiger partial charge in [-0.3, -0.25) is 4.79 Å². The third kappa shape index (κ3) is 23.6. The second-order valence-corrected chi connectivity index (χ2v) is 22.2. The van der Waals surface area contributed by atoms with Crippen LogP contribution in [-0.2, 0) is 19.1 Å². The van der Waals surface area contributed by atoms with E-state index in [9.17, 15) is 9.59 Å². The molecule has 0 heterocycles. The Morgan fingerprint density at radius 3 is 2.03 bits per heavy atom. The van der Waals surface area contributed by atoms with Crippen molar-refractivity contribution in [2.24, 2.45) is 46.3 Å². The molecule has 8 atom stereocenters. The predicted octanol–water partition coefficient (Wildman–Crippen LogP) is 16.4. The summed E-state index contributed by atoms with van der Waals surface area (Å²) in [4.78, 5) is 23.5. The van der Waals surface area contributed by atoms with Gasteiger partial charge < -0.3 is 24.3 Å². The van der Waals surface area contributed by atoms with Crippen LogP contribution in [0.1, 0.15) is 235 Å². The van der Waals surface area contributed by atoms with Gasteiger partial charge in [-0.15, -0.1) is 0 Å². The van der Waals surface area contributed by atoms with Gasteiger partial charge in [-0.05, 0) is 182 Å². The van der Waals surface area contributed by atoms with E-state index < -0.39 is 0 Å². The Bertz CT molecular complexity index is 1340. The van der Waals surface area contributed by atoms with Crippen LogP contribution in [0.2, 0.25) is 0 Å². The quantitative estimate of drug-likeness (QED) is 0.0394. The number of ether oxygens (including phenoxy) is 2. The lowest BCUT2D eigenvalue weighted by Gasteiger charge is -2.58. The number of methoxy groups -OCH3 is 1. The molecule has 1 N–H and O–H groups in total. The zero-order valence-electron chi connectivity index (χ0n) is 45.3. The molecule has 6 heteroatoms. The Morgan fingerprint density at radius 1 is 0.716 bits per heavy atom. The summed E-state index contributed by atoms with van der Waals surface area (Å²) < 4.78 is 10.4. The van der Waals surface area contributed by atoms with E-state index in [-0.39, 0.29) is 6.10 Å². The average Bonchev–Trinajstić information content (AvgIpc) is 3.68. The van der Waals surface area contributed by atoms with Crippen molar-refractivity contribution < 1.29 is 24.2 Å². The van der Waals surface area contributed by atoms with Crippen LogP contribution in [0.15, 0.2) is 48.1 Å². The molecule has 4 rings (SSSR count). The molecule has 0 amide bonds. The van der Waals surface area contributed by atoms with Crippen molar-refractivity contribution in [3.8, 4) is 0 Å². The van der Waals surface area contributed by atoms with Gasteiger partial charge in [0.15, 0.2) is 0 Å². The first-order valence-electron chi connectivity index (χ1n) is 28.5. The second kappa shape index (κ2) is 37.8. The molecule has 3 fully saturated rings. The van der Waals surface area contributed by atoms with Crippen molar-refractivity contribution in [1.82, 2.24) is 4.90 Å². The van der Waals surface area contributed by atoms with E-state index in [1.54, 1.807) is 12.7 Å². The Balaban J connectivity index is 0.000000366. The van der Waals surface area contributed by atoms with Crippen LogP contribution >= 0.6 is 0 Å². The Kier molecular flexibility index (Phi) is 34.4. The van der Waals surface area contributed by atoms with Gasteiger partial charge in [0.1, 0.15) is 12.4 Å². The van der Waals surface area contributed by atoms with Crippen molar-refractivity contribution in [3.63, 3.8) is 0 Å². The molecule has 67 heavy (non-hydrogen) atoms. The maximum absolute atomic E-state index is 10.8. The number of aliphatic hydroxyl groups excluding tert-OH is 1. The number of hydrogen-bond acceptors (Lipinski definition) is 6. The largest absolute Gasteiger partial charge is 0.464 e. The molecular formula is C61H109NO5. The Labute approximate surface area is 415 Å². The normalized spacial score (nSPS) is 26.1. The van der Waals surface area contributed by atoms with Gasteiger partial charge in [-0.1, -0.05) is 154 Å². The molecule has 0 spiro atoms. The molecule has 6 nitrogen and oxygen atoms in total. The van der Waals surface area contributed by atoms with Gasteiger partial charge in [-0.2, -0.15) is 0 Å². The number of allylic oxidation sites excluding steroid dienone is 7. The van der Waals surface area contributed by atoms with Gasteiger partial charge in [0.05, 0.1) is 0 Å². The number of rotatable bonds is 34. The summed E-state index contributed by atoms with van der Waals surface area (Å²) in [5, 5.41) is 8.84. The summed E-state index contributed by atoms with van der Waals surface area (Å²) in [6, 6.07) is 0. The molecule has 0 saturated heterocycles. The maximum atomic E-state index is 10.8. The minimum Gasteiger partial charge on any atom is -0.464 e. The van der Waals surface area contributed by atoms with Gasteiger partial charge in [0, 0.05) is 33.2 Å². The first-order valence-corrected chi connectivity index (χ1v) is 28.5. The third-order valence-electron chi connectivity index (χ3n) is 16.8. The van der Waals surface area contributed by atoms with Crippen LogP contribution in [0.5, 0.6) is 0 Å². The highest BCUT2D eigenvalue weighted by Gasteiger charge is 2.59. The first kappa shape index (κ1) is 61.1. The number of nitrogens with zero attached hydrogens (tertiary/aromatic N) is 1. The van der Waals surface area contributed by atoms with E-state index in [4.69, 9.17) is 14.6 Å². The number of aliphatic hydroxyl groups is 1. The molecule has 4 aliphatic rings. The fraction of sp³-hybridized carbons (Fsp3) is 0.836. The van der Waals surface area contributed by atoms with Crippen LogP contribution in [0.25, 0.3) is 0 Å². The van der Waals surface area contributed by atoms with E-state index in [2.05, 4.69) is 95.9 Å². The van der Waals surface area contributed by atoms with Crippen LogP contribution in [-0.4, -0.2) is 68.8 Å². The summed E-state index contributed by atoms with van der Waals surface area (Å²) in [6.45, 7) is 22.3. The number of carbonyl (C=O) groups is 2. The minimum absolute atomic E-state index is 0.120. The fourth-order valence-electron chi connectivity index (χ4n) is 12.8. The highest BCUT2D eigenvalue weighted by molar-refractivity contribution is 5.48. The lowest BCUT2D eigenvalue weighted by atomic mass is 9.47. The van der Waals surface area contributed by atoms with E-state index in [1.165, 1.54) is 135 Å². The zero-order valence-corrected chi connectivity index (χ0v) is 45.3. The van der Waals surface area contributed by atoms with Crippen molar-refractivity contribution in [2.45, 2.75) is 241 Å². The number of fused-ring (bicyclic) bond motifs is 5. The van der Waals surface area contributed by atoms with Crippen LogP contribution in [0, 0.1) is 46.3 Å². The van der Waals surface area contributed by atoms with Crippen LogP contribution in [0.4, 0.5) is 0 Å². The molecule has 3 saturated carbocycles. The van der Waals surface area contributed by atoms with E-state index in [1.807, 2.05) is 0 Å². The standard InChI is InChI=1S/C28H46O2.C18H30O.C15H33NO2/c1-19(2)7-6-8-20(3)24-11-12-25-23-10-9-21-17-22(30-18-29)13-15-27(21,4)26(23)14-16-28(24,25)5;1-2-3-4-5-6-7-8-9-10-11-12-13-14-15-16-17-18-19;1-3-4-5-6-11-16(12-7-9-14-17)13-8-10-15-18-2/h9,18-20,22-26H,6-8,10-17H2,1-5H3;3-4,6-7,9-10,18H,2,5,8,11-17H2,1H3;17H,3-15H2,1-2H3/b;4-3-,7-6-,10-9-;. The van der Waals surface area contributed by atoms with Gasteiger partial charge in [0.25, 0.3) is 6.47 Å². The molecule has 0 aromatic heterocycles. The van der Waals surface area contributed by atoms with Crippen LogP contribution < -0.4 is 0 Å². The summed E-state index contributed by atoms with van der Waals surface area (Å²) in [5.41, 5.74) is 2.54. The van der Waals surface area contributed by atoms with Crippen molar-refractivity contribution in [2.75, 3.05) is 40.0 Å². The van der Waals surface area contributed by atoms with Crippen LogP contribution in [0.3, 0.4) is 0 Å². The third-order valence-corrected chi connectivity index (χ3v) is 16.8. The van der Waals surface area contributed by atoms with Gasteiger partial charge in [0.2, 0.25) is 0 Å². The number of unbranched alkanes of at least 4 members (excludes halogenated alkanes) is 11. The minimum atomic E-state index is 0.120. The highest BCUT2D eigenvalue weighted by Crippen LogP contribution is 2.67. The molecule has 0 bridgehead atoms. The summed E-state index contributed by atoms with van der Waals surface area (Å²) in [7, 11) is 1.77. The topological polar surface area (TPSA) is 76.1 Å². The Hall–Kier alpha value is -2.02. The predicted molar refractivity (Wildman–Crippen MR) is 287 cm³/mol. The van der Waals surface area contributed by atoms with E-state index in [0.717, 1.165) is 119 Å². The average molecular weight is 937 g/mol.